The number of amides is 1. The van der Waals surface area contributed by atoms with E-state index in [1.54, 1.807) is 17.4 Å². The zero-order chi connectivity index (χ0) is 18.1. The summed E-state index contributed by atoms with van der Waals surface area (Å²) in [5.41, 5.74) is 5.06. The summed E-state index contributed by atoms with van der Waals surface area (Å²) in [5, 5.41) is 10.8. The molecule has 0 spiro atoms. The molecule has 3 aromatic heterocycles. The predicted molar refractivity (Wildman–Crippen MR) is 99.7 cm³/mol. The molecule has 1 unspecified atom stereocenters. The Morgan fingerprint density at radius 2 is 2.15 bits per heavy atom. The van der Waals surface area contributed by atoms with Crippen molar-refractivity contribution in [2.75, 3.05) is 0 Å². The minimum Gasteiger partial charge on any atom is -0.273 e. The molecule has 1 atom stereocenters. The summed E-state index contributed by atoms with van der Waals surface area (Å²) >= 11 is 0. The summed E-state index contributed by atoms with van der Waals surface area (Å²) in [6, 6.07) is 10.0. The molecule has 0 aromatic carbocycles. The Labute approximate surface area is 152 Å². The van der Waals surface area contributed by atoms with E-state index < -0.39 is 0 Å². The number of hydrogen-bond acceptors (Lipinski definition) is 4. The number of aromatic nitrogens is 3. The Bertz CT molecular complexity index is 976. The average molecular weight is 347 g/mol. The zero-order valence-electron chi connectivity index (χ0n) is 15.0. The molecule has 4 heterocycles. The molecule has 0 bridgehead atoms. The van der Waals surface area contributed by atoms with Gasteiger partial charge in [-0.15, -0.1) is 0 Å². The summed E-state index contributed by atoms with van der Waals surface area (Å²) in [7, 11) is 0. The molecule has 0 saturated heterocycles. The predicted octanol–water partition coefficient (Wildman–Crippen LogP) is 3.06. The summed E-state index contributed by atoms with van der Waals surface area (Å²) in [4.78, 5) is 16.5. The molecule has 3 aromatic rings. The number of aryl methyl sites for hydroxylation is 1. The van der Waals surface area contributed by atoms with Gasteiger partial charge in [-0.1, -0.05) is 19.9 Å². The van der Waals surface area contributed by atoms with Crippen molar-refractivity contribution in [2.24, 2.45) is 11.0 Å². The van der Waals surface area contributed by atoms with E-state index in [0.717, 1.165) is 34.5 Å². The van der Waals surface area contributed by atoms with Crippen LogP contribution in [0.1, 0.15) is 37.1 Å². The molecule has 0 N–H and O–H groups in total. The quantitative estimate of drug-likeness (QED) is 0.729. The maximum absolute atomic E-state index is 12.4. The van der Waals surface area contributed by atoms with Gasteiger partial charge in [0.05, 0.1) is 23.5 Å². The SMILES string of the molecule is CCc1cc2cc(C3=NN(Cc4cccnc4)C(=O)CC3C)ccn2n1. The highest BCUT2D eigenvalue weighted by atomic mass is 16.2. The van der Waals surface area contributed by atoms with Gasteiger partial charge in [0.15, 0.2) is 0 Å². The molecule has 0 radical (unpaired) electrons. The van der Waals surface area contributed by atoms with Crippen LogP contribution in [0.2, 0.25) is 0 Å². The summed E-state index contributed by atoms with van der Waals surface area (Å²) in [6.45, 7) is 4.59. The Balaban J connectivity index is 1.69. The third-order valence-corrected chi connectivity index (χ3v) is 4.69. The molecule has 6 heteroatoms. The fraction of sp³-hybridized carbons (Fsp3) is 0.300. The third-order valence-electron chi connectivity index (χ3n) is 4.69. The maximum Gasteiger partial charge on any atom is 0.243 e. The average Bonchev–Trinajstić information content (AvgIpc) is 3.07. The van der Waals surface area contributed by atoms with Crippen LogP contribution in [0.3, 0.4) is 0 Å². The zero-order valence-corrected chi connectivity index (χ0v) is 15.0. The minimum absolute atomic E-state index is 0.0452. The standard InChI is InChI=1S/C20H21N5O/c1-3-17-11-18-10-16(6-8-24(18)22-17)20-14(2)9-19(26)25(23-20)13-15-5-4-7-21-12-15/h4-8,10-12,14H,3,9,13H2,1-2H3. The highest BCUT2D eigenvalue weighted by Crippen LogP contribution is 2.23. The van der Waals surface area contributed by atoms with Crippen LogP contribution in [-0.4, -0.2) is 31.2 Å². The van der Waals surface area contributed by atoms with Crippen molar-refractivity contribution in [3.63, 3.8) is 0 Å². The molecule has 6 nitrogen and oxygen atoms in total. The minimum atomic E-state index is 0.0452. The number of rotatable bonds is 4. The third kappa shape index (κ3) is 3.10. The van der Waals surface area contributed by atoms with Crippen molar-refractivity contribution in [3.05, 3.63) is 65.7 Å². The number of hydrazone groups is 1. The molecule has 0 saturated carbocycles. The van der Waals surface area contributed by atoms with E-state index >= 15 is 0 Å². The normalized spacial score (nSPS) is 17.6. The van der Waals surface area contributed by atoms with Crippen LogP contribution < -0.4 is 0 Å². The lowest BCUT2D eigenvalue weighted by Crippen LogP contribution is -2.36. The first-order chi connectivity index (χ1) is 12.6. The van der Waals surface area contributed by atoms with E-state index in [2.05, 4.69) is 41.2 Å². The number of hydrogen-bond donors (Lipinski definition) is 0. The van der Waals surface area contributed by atoms with Crippen LogP contribution in [0.15, 0.2) is 54.0 Å². The Kier molecular flexibility index (Phi) is 4.24. The van der Waals surface area contributed by atoms with E-state index in [1.807, 2.05) is 28.9 Å². The van der Waals surface area contributed by atoms with Crippen LogP contribution in [0.4, 0.5) is 0 Å². The second-order valence-corrected chi connectivity index (χ2v) is 6.68. The second-order valence-electron chi connectivity index (χ2n) is 6.68. The fourth-order valence-corrected chi connectivity index (χ4v) is 3.26. The van der Waals surface area contributed by atoms with Crippen molar-refractivity contribution in [3.8, 4) is 0 Å². The molecule has 132 valence electrons. The fourth-order valence-electron chi connectivity index (χ4n) is 3.26. The lowest BCUT2D eigenvalue weighted by Gasteiger charge is -2.27. The van der Waals surface area contributed by atoms with Gasteiger partial charge in [-0.3, -0.25) is 9.78 Å². The summed E-state index contributed by atoms with van der Waals surface area (Å²) < 4.78 is 1.88. The van der Waals surface area contributed by atoms with Crippen molar-refractivity contribution in [2.45, 2.75) is 33.2 Å². The van der Waals surface area contributed by atoms with Gasteiger partial charge < -0.3 is 0 Å². The smallest absolute Gasteiger partial charge is 0.243 e. The van der Waals surface area contributed by atoms with E-state index in [0.29, 0.717) is 13.0 Å². The number of carbonyl (C=O) groups is 1. The van der Waals surface area contributed by atoms with Crippen LogP contribution in [0.25, 0.3) is 5.52 Å². The molecule has 1 aliphatic rings. The summed E-state index contributed by atoms with van der Waals surface area (Å²) in [5.74, 6) is 0.132. The topological polar surface area (TPSA) is 62.9 Å². The van der Waals surface area contributed by atoms with Crippen molar-refractivity contribution in [1.29, 1.82) is 0 Å². The molecule has 0 fully saturated rings. The van der Waals surface area contributed by atoms with Gasteiger partial charge in [-0.05, 0) is 36.2 Å². The Morgan fingerprint density at radius 1 is 1.27 bits per heavy atom. The highest BCUT2D eigenvalue weighted by Gasteiger charge is 2.27. The molecule has 26 heavy (non-hydrogen) atoms. The van der Waals surface area contributed by atoms with Crippen LogP contribution >= 0.6 is 0 Å². The number of pyridine rings is 2. The van der Waals surface area contributed by atoms with Gasteiger partial charge in [0.1, 0.15) is 0 Å². The van der Waals surface area contributed by atoms with Gasteiger partial charge in [0.25, 0.3) is 0 Å². The molecule has 1 amide bonds. The lowest BCUT2D eigenvalue weighted by atomic mass is 9.94. The van der Waals surface area contributed by atoms with E-state index in [1.165, 1.54) is 0 Å². The monoisotopic (exact) mass is 347 g/mol. The number of carbonyl (C=O) groups excluding carboxylic acids is 1. The molecule has 4 rings (SSSR count). The van der Waals surface area contributed by atoms with Crippen molar-refractivity contribution in [1.82, 2.24) is 19.6 Å². The summed E-state index contributed by atoms with van der Waals surface area (Å²) in [6.07, 6.45) is 6.82. The van der Waals surface area contributed by atoms with Crippen LogP contribution in [0, 0.1) is 5.92 Å². The first-order valence-electron chi connectivity index (χ1n) is 8.90. The van der Waals surface area contributed by atoms with E-state index in [9.17, 15) is 4.79 Å². The van der Waals surface area contributed by atoms with Gasteiger partial charge in [0, 0.05) is 36.5 Å². The van der Waals surface area contributed by atoms with Gasteiger partial charge in [0.2, 0.25) is 5.91 Å². The largest absolute Gasteiger partial charge is 0.273 e. The van der Waals surface area contributed by atoms with E-state index in [4.69, 9.17) is 0 Å². The first-order valence-corrected chi connectivity index (χ1v) is 8.90. The Hall–Kier alpha value is -3.02. The second kappa shape index (κ2) is 6.71. The van der Waals surface area contributed by atoms with Crippen molar-refractivity contribution >= 4 is 17.1 Å². The molecule has 0 aliphatic carbocycles. The highest BCUT2D eigenvalue weighted by molar-refractivity contribution is 6.06. The van der Waals surface area contributed by atoms with Gasteiger partial charge in [-0.25, -0.2) is 9.52 Å². The maximum atomic E-state index is 12.4. The number of nitrogens with zero attached hydrogens (tertiary/aromatic N) is 5. The van der Waals surface area contributed by atoms with Gasteiger partial charge >= 0.3 is 0 Å². The van der Waals surface area contributed by atoms with Crippen LogP contribution in [-0.2, 0) is 17.8 Å². The van der Waals surface area contributed by atoms with E-state index in [-0.39, 0.29) is 11.8 Å². The lowest BCUT2D eigenvalue weighted by molar-refractivity contribution is -0.133. The van der Waals surface area contributed by atoms with Crippen molar-refractivity contribution < 1.29 is 4.79 Å². The molecule has 1 aliphatic heterocycles. The molecular formula is C20H21N5O. The van der Waals surface area contributed by atoms with Gasteiger partial charge in [-0.2, -0.15) is 10.2 Å². The van der Waals surface area contributed by atoms with Crippen LogP contribution in [0.5, 0.6) is 0 Å². The molecular weight excluding hydrogens is 326 g/mol. The number of fused-ring (bicyclic) bond motifs is 1. The Morgan fingerprint density at radius 3 is 2.92 bits per heavy atom. The first kappa shape index (κ1) is 16.4.